The summed E-state index contributed by atoms with van der Waals surface area (Å²) in [5, 5.41) is 0.403. The minimum Gasteiger partial charge on any atom is -0.370 e. The molecule has 2 fully saturated rings. The molecule has 0 aromatic heterocycles. The minimum absolute atomic E-state index is 0.170. The molecule has 2 aliphatic heterocycles. The van der Waals surface area contributed by atoms with E-state index in [1.807, 2.05) is 0 Å². The monoisotopic (exact) mass is 491 g/mol. The van der Waals surface area contributed by atoms with E-state index in [0.717, 1.165) is 44.5 Å². The van der Waals surface area contributed by atoms with Crippen molar-refractivity contribution in [3.63, 3.8) is 0 Å². The van der Waals surface area contributed by atoms with Crippen LogP contribution in [0.1, 0.15) is 32.6 Å². The largest absolute Gasteiger partial charge is 0.370 e. The van der Waals surface area contributed by atoms with E-state index >= 15 is 0 Å². The Hall–Kier alpha value is -0.870. The molecule has 176 valence electrons. The molecule has 0 bridgehead atoms. The molecule has 7 nitrogen and oxygen atoms in total. The predicted octanol–water partition coefficient (Wildman–Crippen LogP) is 2.61. The highest BCUT2D eigenvalue weighted by Gasteiger charge is 2.26. The molecule has 0 radical (unpaired) electrons. The van der Waals surface area contributed by atoms with Gasteiger partial charge in [0.15, 0.2) is 0 Å². The average molecular weight is 492 g/mol. The van der Waals surface area contributed by atoms with Crippen molar-refractivity contribution in [1.29, 1.82) is 0 Å². The number of sulfonamides is 1. The van der Waals surface area contributed by atoms with Crippen LogP contribution in [0, 0.1) is 11.8 Å². The molecule has 10 heteroatoms. The van der Waals surface area contributed by atoms with Gasteiger partial charge in [-0.15, -0.1) is 0 Å². The van der Waals surface area contributed by atoms with Crippen molar-refractivity contribution >= 4 is 37.1 Å². The SMILES string of the molecule is CCS(=O)(=O)CC1CCN(c2ccc(S(=O)(=O)NCCC3CCN(C)C3)cc2Cl)CC1. The molecule has 0 amide bonds. The second-order valence-electron chi connectivity index (χ2n) is 8.85. The first kappa shape index (κ1) is 24.8. The van der Waals surface area contributed by atoms with Crippen LogP contribution in [0.4, 0.5) is 5.69 Å². The number of nitrogens with one attached hydrogen (secondary N) is 1. The van der Waals surface area contributed by atoms with Crippen LogP contribution in [-0.4, -0.2) is 73.0 Å². The summed E-state index contributed by atoms with van der Waals surface area (Å²) in [4.78, 5) is 4.55. The Morgan fingerprint density at radius 3 is 2.32 bits per heavy atom. The maximum Gasteiger partial charge on any atom is 0.240 e. The van der Waals surface area contributed by atoms with Crippen LogP contribution in [-0.2, 0) is 19.9 Å². The quantitative estimate of drug-likeness (QED) is 0.571. The van der Waals surface area contributed by atoms with Gasteiger partial charge in [-0.25, -0.2) is 21.6 Å². The topological polar surface area (TPSA) is 86.8 Å². The number of piperidine rings is 1. The Morgan fingerprint density at radius 1 is 1.06 bits per heavy atom. The van der Waals surface area contributed by atoms with Gasteiger partial charge in [0.05, 0.1) is 21.4 Å². The highest BCUT2D eigenvalue weighted by atomic mass is 35.5. The number of rotatable bonds is 9. The molecule has 1 N–H and O–H groups in total. The highest BCUT2D eigenvalue weighted by molar-refractivity contribution is 7.91. The number of sulfone groups is 1. The van der Waals surface area contributed by atoms with Crippen LogP contribution in [0.2, 0.25) is 5.02 Å². The summed E-state index contributed by atoms with van der Waals surface area (Å²) in [6.07, 6.45) is 3.51. The lowest BCUT2D eigenvalue weighted by atomic mass is 9.98. The molecule has 1 aromatic carbocycles. The summed E-state index contributed by atoms with van der Waals surface area (Å²) >= 11 is 6.45. The molecular formula is C21H34ClN3O4S2. The lowest BCUT2D eigenvalue weighted by Gasteiger charge is -2.34. The van der Waals surface area contributed by atoms with Gasteiger partial charge < -0.3 is 9.80 Å². The maximum atomic E-state index is 12.7. The van der Waals surface area contributed by atoms with Gasteiger partial charge in [-0.3, -0.25) is 0 Å². The highest BCUT2D eigenvalue weighted by Crippen LogP contribution is 2.32. The van der Waals surface area contributed by atoms with E-state index in [1.54, 1.807) is 19.1 Å². The molecule has 1 aromatic rings. The Balaban J connectivity index is 1.56. The van der Waals surface area contributed by atoms with Gasteiger partial charge >= 0.3 is 0 Å². The number of nitrogens with zero attached hydrogens (tertiary/aromatic N) is 2. The standard InChI is InChI=1S/C21H34ClN3O4S2/c1-3-30(26,27)16-18-8-12-25(13-9-18)21-5-4-19(14-20(21)22)31(28,29)23-10-6-17-7-11-24(2)15-17/h4-5,14,17-18,23H,3,6-13,15-16H2,1-2H3. The Kier molecular flexibility index (Phi) is 8.29. The number of anilines is 1. The van der Waals surface area contributed by atoms with Crippen LogP contribution < -0.4 is 9.62 Å². The Morgan fingerprint density at radius 2 is 1.74 bits per heavy atom. The molecule has 0 aliphatic carbocycles. The number of hydrogen-bond donors (Lipinski definition) is 1. The van der Waals surface area contributed by atoms with Crippen LogP contribution in [0.25, 0.3) is 0 Å². The van der Waals surface area contributed by atoms with Crippen LogP contribution in [0.15, 0.2) is 23.1 Å². The first-order valence-electron chi connectivity index (χ1n) is 11.0. The molecule has 31 heavy (non-hydrogen) atoms. The summed E-state index contributed by atoms with van der Waals surface area (Å²) in [5.74, 6) is 1.13. The van der Waals surface area contributed by atoms with Gasteiger partial charge in [-0.1, -0.05) is 18.5 Å². The lowest BCUT2D eigenvalue weighted by molar-refractivity contribution is 0.388. The van der Waals surface area contributed by atoms with Crippen LogP contribution >= 0.6 is 11.6 Å². The van der Waals surface area contributed by atoms with E-state index in [4.69, 9.17) is 11.6 Å². The molecule has 1 unspecified atom stereocenters. The third kappa shape index (κ3) is 6.81. The van der Waals surface area contributed by atoms with Crippen LogP contribution in [0.5, 0.6) is 0 Å². The third-order valence-electron chi connectivity index (χ3n) is 6.45. The van der Waals surface area contributed by atoms with E-state index in [-0.39, 0.29) is 22.3 Å². The third-order valence-corrected chi connectivity index (χ3v) is 10.1. The smallest absolute Gasteiger partial charge is 0.240 e. The second kappa shape index (κ2) is 10.4. The zero-order valence-electron chi connectivity index (χ0n) is 18.4. The molecule has 0 saturated carbocycles. The van der Waals surface area contributed by atoms with E-state index in [1.165, 1.54) is 6.07 Å². The van der Waals surface area contributed by atoms with Crippen molar-refractivity contribution < 1.29 is 16.8 Å². The van der Waals surface area contributed by atoms with Gasteiger partial charge in [-0.2, -0.15) is 0 Å². The fraction of sp³-hybridized carbons (Fsp3) is 0.714. The summed E-state index contributed by atoms with van der Waals surface area (Å²) in [6, 6.07) is 4.86. The number of likely N-dealkylation sites (tertiary alicyclic amines) is 1. The number of hydrogen-bond acceptors (Lipinski definition) is 6. The first-order valence-corrected chi connectivity index (χ1v) is 14.7. The summed E-state index contributed by atoms with van der Waals surface area (Å²) in [7, 11) is -4.48. The van der Waals surface area contributed by atoms with Crippen molar-refractivity contribution in [2.24, 2.45) is 11.8 Å². The summed E-state index contributed by atoms with van der Waals surface area (Å²) in [5.41, 5.74) is 0.798. The van der Waals surface area contributed by atoms with Gasteiger partial charge in [0.1, 0.15) is 9.84 Å². The van der Waals surface area contributed by atoms with E-state index in [0.29, 0.717) is 30.6 Å². The number of halogens is 1. The summed E-state index contributed by atoms with van der Waals surface area (Å²) in [6.45, 7) is 5.62. The van der Waals surface area contributed by atoms with Gasteiger partial charge in [0.25, 0.3) is 0 Å². The first-order chi connectivity index (χ1) is 14.6. The summed E-state index contributed by atoms with van der Waals surface area (Å²) < 4.78 is 51.8. The van der Waals surface area contributed by atoms with Gasteiger partial charge in [0.2, 0.25) is 10.0 Å². The molecule has 0 spiro atoms. The normalized spacial score (nSPS) is 21.6. The predicted molar refractivity (Wildman–Crippen MR) is 126 cm³/mol. The van der Waals surface area contributed by atoms with E-state index < -0.39 is 19.9 Å². The number of benzene rings is 1. The second-order valence-corrected chi connectivity index (χ2v) is 13.4. The molecular weight excluding hydrogens is 458 g/mol. The van der Waals surface area contributed by atoms with Crippen molar-refractivity contribution in [1.82, 2.24) is 9.62 Å². The zero-order chi connectivity index (χ0) is 22.6. The zero-order valence-corrected chi connectivity index (χ0v) is 20.8. The molecule has 2 saturated heterocycles. The van der Waals surface area contributed by atoms with E-state index in [9.17, 15) is 16.8 Å². The van der Waals surface area contributed by atoms with E-state index in [2.05, 4.69) is 21.6 Å². The van der Waals surface area contributed by atoms with Crippen LogP contribution in [0.3, 0.4) is 0 Å². The van der Waals surface area contributed by atoms with Crippen molar-refractivity contribution in [3.05, 3.63) is 23.2 Å². The van der Waals surface area contributed by atoms with Gasteiger partial charge in [0, 0.05) is 31.9 Å². The van der Waals surface area contributed by atoms with Crippen molar-refractivity contribution in [3.8, 4) is 0 Å². The van der Waals surface area contributed by atoms with Gasteiger partial charge in [-0.05, 0) is 69.3 Å². The Labute approximate surface area is 192 Å². The minimum atomic E-state index is -3.60. The molecule has 3 rings (SSSR count). The fourth-order valence-corrected chi connectivity index (χ4v) is 7.20. The fourth-order valence-electron chi connectivity index (χ4n) is 4.47. The molecule has 2 aliphatic rings. The Bertz CT molecular complexity index is 961. The maximum absolute atomic E-state index is 12.7. The average Bonchev–Trinajstić information content (AvgIpc) is 3.13. The molecule has 1 atom stereocenters. The van der Waals surface area contributed by atoms with Crippen molar-refractivity contribution in [2.75, 3.05) is 56.2 Å². The molecule has 2 heterocycles. The van der Waals surface area contributed by atoms with Crippen molar-refractivity contribution in [2.45, 2.75) is 37.5 Å². The lowest BCUT2D eigenvalue weighted by Crippen LogP contribution is -2.36.